The minimum Gasteiger partial charge on any atom is -0.317 e. The highest BCUT2D eigenvalue weighted by atomic mass is 16.1. The van der Waals surface area contributed by atoms with Crippen molar-refractivity contribution >= 4 is 5.78 Å². The fraction of sp³-hybridized carbons (Fsp3) is 0.750. The lowest BCUT2D eigenvalue weighted by molar-refractivity contribution is -0.124. The highest BCUT2D eigenvalue weighted by molar-refractivity contribution is 5.80. The third-order valence-electron chi connectivity index (χ3n) is 3.20. The molecule has 5 nitrogen and oxygen atoms in total. The summed E-state index contributed by atoms with van der Waals surface area (Å²) in [5.74, 6) is 0.495. The number of rotatable bonds is 5. The van der Waals surface area contributed by atoms with Gasteiger partial charge >= 0.3 is 0 Å². The number of nitrogens with zero attached hydrogens (tertiary/aromatic N) is 3. The largest absolute Gasteiger partial charge is 0.317 e. The Bertz CT molecular complexity index is 368. The highest BCUT2D eigenvalue weighted by Gasteiger charge is 2.21. The second-order valence-electron chi connectivity index (χ2n) is 4.65. The van der Waals surface area contributed by atoms with Crippen molar-refractivity contribution in [3.05, 3.63) is 11.9 Å². The molecule has 1 fully saturated rings. The Hall–Kier alpha value is -1.23. The third kappa shape index (κ3) is 3.36. The van der Waals surface area contributed by atoms with Gasteiger partial charge in [-0.05, 0) is 32.4 Å². The first-order valence-corrected chi connectivity index (χ1v) is 6.42. The number of hydrogen-bond donors (Lipinski definition) is 1. The minimum atomic E-state index is 0.204. The second-order valence-corrected chi connectivity index (χ2v) is 4.65. The second kappa shape index (κ2) is 5.91. The van der Waals surface area contributed by atoms with E-state index in [9.17, 15) is 4.79 Å². The molecule has 1 aliphatic rings. The molecular weight excluding hydrogens is 216 g/mol. The molecule has 0 bridgehead atoms. The minimum absolute atomic E-state index is 0.204. The van der Waals surface area contributed by atoms with Crippen molar-refractivity contribution in [1.82, 2.24) is 20.3 Å². The van der Waals surface area contributed by atoms with Gasteiger partial charge in [-0.1, -0.05) is 18.6 Å². The lowest BCUT2D eigenvalue weighted by Gasteiger charge is -2.21. The zero-order valence-electron chi connectivity index (χ0n) is 10.4. The molecule has 2 heterocycles. The van der Waals surface area contributed by atoms with E-state index in [0.29, 0.717) is 12.3 Å². The smallest absolute Gasteiger partial charge is 0.157 e. The van der Waals surface area contributed by atoms with E-state index in [1.54, 1.807) is 4.68 Å². The Kier molecular flexibility index (Phi) is 4.25. The van der Waals surface area contributed by atoms with Gasteiger partial charge in [-0.3, -0.25) is 4.79 Å². The molecule has 5 heteroatoms. The van der Waals surface area contributed by atoms with Gasteiger partial charge in [0.15, 0.2) is 5.78 Å². The van der Waals surface area contributed by atoms with Crippen molar-refractivity contribution in [2.75, 3.05) is 13.1 Å². The van der Waals surface area contributed by atoms with Crippen LogP contribution < -0.4 is 5.32 Å². The van der Waals surface area contributed by atoms with Crippen LogP contribution in [-0.4, -0.2) is 33.9 Å². The number of carbonyl (C=O) groups is 1. The van der Waals surface area contributed by atoms with E-state index in [1.165, 1.54) is 0 Å². The van der Waals surface area contributed by atoms with E-state index in [2.05, 4.69) is 22.6 Å². The summed E-state index contributed by atoms with van der Waals surface area (Å²) >= 11 is 0. The molecule has 0 radical (unpaired) electrons. The monoisotopic (exact) mass is 236 g/mol. The molecule has 1 N–H and O–H groups in total. The Balaban J connectivity index is 1.88. The molecule has 0 atom stereocenters. The van der Waals surface area contributed by atoms with Gasteiger partial charge in [0.1, 0.15) is 6.54 Å². The zero-order valence-corrected chi connectivity index (χ0v) is 10.4. The van der Waals surface area contributed by atoms with Gasteiger partial charge in [-0.25, -0.2) is 4.68 Å². The molecule has 94 valence electrons. The van der Waals surface area contributed by atoms with Gasteiger partial charge in [-0.2, -0.15) is 0 Å². The van der Waals surface area contributed by atoms with Crippen LogP contribution in [0.4, 0.5) is 0 Å². The van der Waals surface area contributed by atoms with Crippen LogP contribution in [0.1, 0.15) is 31.9 Å². The average Bonchev–Trinajstić information content (AvgIpc) is 2.78. The quantitative estimate of drug-likeness (QED) is 0.821. The first kappa shape index (κ1) is 12.2. The van der Waals surface area contributed by atoms with Crippen molar-refractivity contribution in [1.29, 1.82) is 0 Å². The summed E-state index contributed by atoms with van der Waals surface area (Å²) in [7, 11) is 0. The standard InChI is InChI=1S/C12H20N4O/c1-2-3-11-8-16(15-14-11)9-12(17)10-4-6-13-7-5-10/h8,10,13H,2-7,9H2,1H3. The molecule has 0 aromatic carbocycles. The summed E-state index contributed by atoms with van der Waals surface area (Å²) < 4.78 is 1.68. The Morgan fingerprint density at radius 3 is 3.00 bits per heavy atom. The molecule has 1 aromatic rings. The maximum atomic E-state index is 12.0. The molecule has 0 amide bonds. The summed E-state index contributed by atoms with van der Waals surface area (Å²) in [5.41, 5.74) is 0.977. The van der Waals surface area contributed by atoms with Gasteiger partial charge in [0.05, 0.1) is 5.69 Å². The van der Waals surface area contributed by atoms with Crippen LogP contribution in [0.2, 0.25) is 0 Å². The van der Waals surface area contributed by atoms with Gasteiger partial charge in [-0.15, -0.1) is 5.10 Å². The molecule has 1 aliphatic heterocycles. The first-order chi connectivity index (χ1) is 8.29. The zero-order chi connectivity index (χ0) is 12.1. The van der Waals surface area contributed by atoms with Crippen LogP contribution in [0.3, 0.4) is 0 Å². The summed E-state index contributed by atoms with van der Waals surface area (Å²) in [5, 5.41) is 11.3. The van der Waals surface area contributed by atoms with E-state index in [4.69, 9.17) is 0 Å². The van der Waals surface area contributed by atoms with Gasteiger partial charge in [0.25, 0.3) is 0 Å². The molecule has 1 saturated heterocycles. The number of nitrogens with one attached hydrogen (secondary N) is 1. The number of piperidine rings is 1. The molecule has 0 unspecified atom stereocenters. The molecule has 1 aromatic heterocycles. The van der Waals surface area contributed by atoms with Crippen molar-refractivity contribution in [3.8, 4) is 0 Å². The van der Waals surface area contributed by atoms with E-state index in [0.717, 1.165) is 44.5 Å². The Morgan fingerprint density at radius 1 is 1.53 bits per heavy atom. The number of ketones is 1. The molecular formula is C12H20N4O. The van der Waals surface area contributed by atoms with Gasteiger partial charge in [0.2, 0.25) is 0 Å². The summed E-state index contributed by atoms with van der Waals surface area (Å²) in [6.07, 6.45) is 5.79. The summed E-state index contributed by atoms with van der Waals surface area (Å²) in [6, 6.07) is 0. The van der Waals surface area contributed by atoms with Crippen LogP contribution in [0.25, 0.3) is 0 Å². The molecule has 2 rings (SSSR count). The van der Waals surface area contributed by atoms with Crippen molar-refractivity contribution in [2.45, 2.75) is 39.2 Å². The maximum Gasteiger partial charge on any atom is 0.157 e. The van der Waals surface area contributed by atoms with Crippen molar-refractivity contribution < 1.29 is 4.79 Å². The Morgan fingerprint density at radius 2 is 2.29 bits per heavy atom. The van der Waals surface area contributed by atoms with E-state index >= 15 is 0 Å². The average molecular weight is 236 g/mol. The van der Waals surface area contributed by atoms with Crippen LogP contribution in [-0.2, 0) is 17.8 Å². The lowest BCUT2D eigenvalue weighted by atomic mass is 9.93. The fourth-order valence-electron chi connectivity index (χ4n) is 2.22. The van der Waals surface area contributed by atoms with Crippen LogP contribution in [0.5, 0.6) is 0 Å². The SMILES string of the molecule is CCCc1cn(CC(=O)C2CCNCC2)nn1. The number of aromatic nitrogens is 3. The number of Topliss-reactive ketones (excluding diaryl/α,β-unsaturated/α-hetero) is 1. The normalized spacial score (nSPS) is 17.2. The molecule has 0 spiro atoms. The molecule has 17 heavy (non-hydrogen) atoms. The number of aryl methyl sites for hydroxylation is 1. The van der Waals surface area contributed by atoms with E-state index < -0.39 is 0 Å². The molecule has 0 saturated carbocycles. The highest BCUT2D eigenvalue weighted by Crippen LogP contribution is 2.13. The summed E-state index contributed by atoms with van der Waals surface area (Å²) in [4.78, 5) is 12.0. The maximum absolute atomic E-state index is 12.0. The van der Waals surface area contributed by atoms with Gasteiger partial charge in [0, 0.05) is 12.1 Å². The Labute approximate surface area is 102 Å². The lowest BCUT2D eigenvalue weighted by Crippen LogP contribution is -2.33. The first-order valence-electron chi connectivity index (χ1n) is 6.42. The van der Waals surface area contributed by atoms with E-state index in [-0.39, 0.29) is 5.92 Å². The van der Waals surface area contributed by atoms with Crippen molar-refractivity contribution in [3.63, 3.8) is 0 Å². The third-order valence-corrected chi connectivity index (χ3v) is 3.20. The predicted molar refractivity (Wildman–Crippen MR) is 64.6 cm³/mol. The van der Waals surface area contributed by atoms with Crippen molar-refractivity contribution in [2.24, 2.45) is 5.92 Å². The number of hydrogen-bond acceptors (Lipinski definition) is 4. The van der Waals surface area contributed by atoms with Crippen LogP contribution >= 0.6 is 0 Å². The van der Waals surface area contributed by atoms with Crippen LogP contribution in [0.15, 0.2) is 6.20 Å². The van der Waals surface area contributed by atoms with E-state index in [1.807, 2.05) is 6.20 Å². The predicted octanol–water partition coefficient (Wildman–Crippen LogP) is 0.799. The summed E-state index contributed by atoms with van der Waals surface area (Å²) in [6.45, 7) is 4.39. The van der Waals surface area contributed by atoms with Gasteiger partial charge < -0.3 is 5.32 Å². The number of carbonyl (C=O) groups excluding carboxylic acids is 1. The topological polar surface area (TPSA) is 59.8 Å². The molecule has 0 aliphatic carbocycles. The van der Waals surface area contributed by atoms with Crippen LogP contribution in [0, 0.1) is 5.92 Å². The fourth-order valence-corrected chi connectivity index (χ4v) is 2.22.